The Morgan fingerprint density at radius 3 is 2.52 bits per heavy atom. The van der Waals surface area contributed by atoms with Gasteiger partial charge in [-0.3, -0.25) is 14.5 Å². The summed E-state index contributed by atoms with van der Waals surface area (Å²) in [6.07, 6.45) is 3.09. The third kappa shape index (κ3) is 5.04. The highest BCUT2D eigenvalue weighted by Gasteiger charge is 2.33. The molecule has 0 bridgehead atoms. The minimum Gasteiger partial charge on any atom is -0.351 e. The SMILES string of the molecule is O=C1CC[C@H](NC(=O)[C@H]2CCCN(Cc3ccccc3)C2)[C@@H](c2ccccc2)N1. The molecule has 2 aliphatic heterocycles. The molecule has 152 valence electrons. The lowest BCUT2D eigenvalue weighted by molar-refractivity contribution is -0.130. The van der Waals surface area contributed by atoms with Crippen molar-refractivity contribution in [2.24, 2.45) is 5.92 Å². The average Bonchev–Trinajstić information content (AvgIpc) is 2.76. The van der Waals surface area contributed by atoms with E-state index in [0.717, 1.165) is 38.0 Å². The number of hydrogen-bond donors (Lipinski definition) is 2. The van der Waals surface area contributed by atoms with E-state index >= 15 is 0 Å². The maximum Gasteiger partial charge on any atom is 0.224 e. The van der Waals surface area contributed by atoms with Crippen molar-refractivity contribution in [1.29, 1.82) is 0 Å². The predicted molar refractivity (Wildman–Crippen MR) is 113 cm³/mol. The largest absolute Gasteiger partial charge is 0.351 e. The zero-order valence-corrected chi connectivity index (χ0v) is 16.7. The van der Waals surface area contributed by atoms with Crippen LogP contribution in [0, 0.1) is 5.92 Å². The van der Waals surface area contributed by atoms with E-state index in [4.69, 9.17) is 0 Å². The molecule has 3 atom stereocenters. The third-order valence-electron chi connectivity index (χ3n) is 6.01. The summed E-state index contributed by atoms with van der Waals surface area (Å²) in [7, 11) is 0. The molecular weight excluding hydrogens is 362 g/mol. The minimum atomic E-state index is -0.162. The molecule has 4 rings (SSSR count). The maximum absolute atomic E-state index is 13.1. The number of hydrogen-bond acceptors (Lipinski definition) is 3. The van der Waals surface area contributed by atoms with Crippen LogP contribution < -0.4 is 10.6 Å². The second-order valence-electron chi connectivity index (χ2n) is 8.17. The summed E-state index contributed by atoms with van der Waals surface area (Å²) in [4.78, 5) is 27.4. The molecule has 2 fully saturated rings. The molecule has 0 aromatic heterocycles. The molecule has 0 aliphatic carbocycles. The number of amides is 2. The van der Waals surface area contributed by atoms with E-state index in [1.807, 2.05) is 36.4 Å². The van der Waals surface area contributed by atoms with Gasteiger partial charge in [0.15, 0.2) is 0 Å². The van der Waals surface area contributed by atoms with Gasteiger partial charge in [0, 0.05) is 19.5 Å². The number of piperidine rings is 2. The smallest absolute Gasteiger partial charge is 0.224 e. The molecule has 2 saturated heterocycles. The molecule has 29 heavy (non-hydrogen) atoms. The van der Waals surface area contributed by atoms with Gasteiger partial charge in [0.05, 0.1) is 18.0 Å². The zero-order chi connectivity index (χ0) is 20.1. The van der Waals surface area contributed by atoms with Crippen LogP contribution in [0.5, 0.6) is 0 Å². The number of carbonyl (C=O) groups excluding carboxylic acids is 2. The molecule has 0 spiro atoms. The van der Waals surface area contributed by atoms with E-state index in [1.54, 1.807) is 0 Å². The van der Waals surface area contributed by atoms with Crippen LogP contribution in [0.15, 0.2) is 60.7 Å². The van der Waals surface area contributed by atoms with Crippen LogP contribution in [-0.2, 0) is 16.1 Å². The Balaban J connectivity index is 1.39. The van der Waals surface area contributed by atoms with Crippen molar-refractivity contribution >= 4 is 11.8 Å². The lowest BCUT2D eigenvalue weighted by Crippen LogP contribution is -2.53. The Hall–Kier alpha value is -2.66. The Morgan fingerprint density at radius 2 is 1.76 bits per heavy atom. The molecule has 0 radical (unpaired) electrons. The number of carbonyl (C=O) groups is 2. The average molecular weight is 392 g/mol. The Morgan fingerprint density at radius 1 is 1.03 bits per heavy atom. The van der Waals surface area contributed by atoms with Crippen LogP contribution in [0.3, 0.4) is 0 Å². The second-order valence-corrected chi connectivity index (χ2v) is 8.17. The summed E-state index contributed by atoms with van der Waals surface area (Å²) in [5.41, 5.74) is 2.33. The quantitative estimate of drug-likeness (QED) is 0.824. The molecule has 0 saturated carbocycles. The normalized spacial score (nSPS) is 25.2. The van der Waals surface area contributed by atoms with E-state index in [0.29, 0.717) is 12.8 Å². The van der Waals surface area contributed by atoms with Crippen molar-refractivity contribution in [3.63, 3.8) is 0 Å². The third-order valence-corrected chi connectivity index (χ3v) is 6.01. The first-order valence-electron chi connectivity index (χ1n) is 10.6. The number of nitrogens with one attached hydrogen (secondary N) is 2. The van der Waals surface area contributed by atoms with Crippen LogP contribution in [0.2, 0.25) is 0 Å². The fraction of sp³-hybridized carbons (Fsp3) is 0.417. The molecular formula is C24H29N3O2. The van der Waals surface area contributed by atoms with Crippen LogP contribution >= 0.6 is 0 Å². The lowest BCUT2D eigenvalue weighted by atomic mass is 9.90. The molecule has 2 aromatic rings. The standard InChI is InChI=1S/C24H29N3O2/c28-22-14-13-21(23(26-22)19-10-5-2-6-11-19)25-24(29)20-12-7-15-27(17-20)16-18-8-3-1-4-9-18/h1-6,8-11,20-21,23H,7,12-17H2,(H,25,29)(H,26,28)/t20-,21-,23+/m0/s1. The molecule has 2 heterocycles. The van der Waals surface area contributed by atoms with Crippen molar-refractivity contribution in [2.75, 3.05) is 13.1 Å². The van der Waals surface area contributed by atoms with Gasteiger partial charge in [-0.15, -0.1) is 0 Å². The summed E-state index contributed by atoms with van der Waals surface area (Å²) < 4.78 is 0. The number of benzene rings is 2. The van der Waals surface area contributed by atoms with E-state index in [-0.39, 0.29) is 29.8 Å². The van der Waals surface area contributed by atoms with Gasteiger partial charge in [-0.1, -0.05) is 60.7 Å². The minimum absolute atomic E-state index is 0.00140. The van der Waals surface area contributed by atoms with E-state index < -0.39 is 0 Å². The molecule has 2 aliphatic rings. The Kier molecular flexibility index (Phi) is 6.25. The van der Waals surface area contributed by atoms with Gasteiger partial charge >= 0.3 is 0 Å². The molecule has 2 aromatic carbocycles. The number of rotatable bonds is 5. The van der Waals surface area contributed by atoms with Gasteiger partial charge in [-0.25, -0.2) is 0 Å². The molecule has 5 heteroatoms. The van der Waals surface area contributed by atoms with E-state index in [9.17, 15) is 9.59 Å². The van der Waals surface area contributed by atoms with Crippen molar-refractivity contribution in [3.8, 4) is 0 Å². The van der Waals surface area contributed by atoms with Crippen molar-refractivity contribution in [3.05, 3.63) is 71.8 Å². The van der Waals surface area contributed by atoms with Crippen molar-refractivity contribution in [1.82, 2.24) is 15.5 Å². The highest BCUT2D eigenvalue weighted by Crippen LogP contribution is 2.25. The Labute approximate surface area is 172 Å². The van der Waals surface area contributed by atoms with Gasteiger partial charge in [0.25, 0.3) is 0 Å². The predicted octanol–water partition coefficient (Wildman–Crippen LogP) is 3.03. The van der Waals surface area contributed by atoms with Gasteiger partial charge in [0.2, 0.25) is 11.8 Å². The summed E-state index contributed by atoms with van der Waals surface area (Å²) >= 11 is 0. The lowest BCUT2D eigenvalue weighted by Gasteiger charge is -2.36. The summed E-state index contributed by atoms with van der Waals surface area (Å²) in [5.74, 6) is 0.169. The van der Waals surface area contributed by atoms with Crippen LogP contribution in [0.25, 0.3) is 0 Å². The van der Waals surface area contributed by atoms with E-state index in [1.165, 1.54) is 5.56 Å². The van der Waals surface area contributed by atoms with Crippen molar-refractivity contribution in [2.45, 2.75) is 44.3 Å². The van der Waals surface area contributed by atoms with Gasteiger partial charge in [-0.05, 0) is 36.9 Å². The summed E-state index contributed by atoms with van der Waals surface area (Å²) in [6.45, 7) is 2.71. The van der Waals surface area contributed by atoms with E-state index in [2.05, 4.69) is 39.8 Å². The van der Waals surface area contributed by atoms with Crippen LogP contribution in [-0.4, -0.2) is 35.8 Å². The molecule has 2 N–H and O–H groups in total. The number of nitrogens with zero attached hydrogens (tertiary/aromatic N) is 1. The summed E-state index contributed by atoms with van der Waals surface area (Å²) in [5, 5.41) is 6.33. The maximum atomic E-state index is 13.1. The second kappa shape index (κ2) is 9.23. The number of likely N-dealkylation sites (tertiary alicyclic amines) is 1. The monoisotopic (exact) mass is 391 g/mol. The van der Waals surface area contributed by atoms with Crippen LogP contribution in [0.4, 0.5) is 0 Å². The first kappa shape index (κ1) is 19.6. The highest BCUT2D eigenvalue weighted by atomic mass is 16.2. The van der Waals surface area contributed by atoms with Gasteiger partial charge in [-0.2, -0.15) is 0 Å². The van der Waals surface area contributed by atoms with Crippen molar-refractivity contribution < 1.29 is 9.59 Å². The van der Waals surface area contributed by atoms with Crippen LogP contribution in [0.1, 0.15) is 42.9 Å². The first-order chi connectivity index (χ1) is 14.2. The fourth-order valence-electron chi connectivity index (χ4n) is 4.49. The van der Waals surface area contributed by atoms with Gasteiger partial charge in [0.1, 0.15) is 0 Å². The fourth-order valence-corrected chi connectivity index (χ4v) is 4.49. The molecule has 2 amide bonds. The first-order valence-corrected chi connectivity index (χ1v) is 10.6. The summed E-state index contributed by atoms with van der Waals surface area (Å²) in [6, 6.07) is 20.1. The highest BCUT2D eigenvalue weighted by molar-refractivity contribution is 5.81. The molecule has 0 unspecified atom stereocenters. The zero-order valence-electron chi connectivity index (χ0n) is 16.7. The molecule has 5 nitrogen and oxygen atoms in total. The Bertz CT molecular complexity index is 825. The topological polar surface area (TPSA) is 61.4 Å². The van der Waals surface area contributed by atoms with Gasteiger partial charge < -0.3 is 10.6 Å².